The first-order chi connectivity index (χ1) is 8.69. The molecule has 0 fully saturated rings. The molecule has 2 rings (SSSR count). The van der Waals surface area contributed by atoms with Crippen molar-refractivity contribution in [1.82, 2.24) is 9.78 Å². The molecule has 0 aliphatic carbocycles. The van der Waals surface area contributed by atoms with E-state index in [0.717, 1.165) is 27.9 Å². The number of nitrogens with zero attached hydrogens (tertiary/aromatic N) is 2. The zero-order valence-electron chi connectivity index (χ0n) is 10.3. The number of ether oxygens (including phenoxy) is 1. The van der Waals surface area contributed by atoms with Crippen molar-refractivity contribution in [2.75, 3.05) is 6.54 Å². The van der Waals surface area contributed by atoms with Crippen LogP contribution in [0, 0.1) is 0 Å². The van der Waals surface area contributed by atoms with Gasteiger partial charge in [0, 0.05) is 17.7 Å². The lowest BCUT2D eigenvalue weighted by atomic mass is 10.1. The van der Waals surface area contributed by atoms with E-state index in [1.54, 1.807) is 4.68 Å². The Morgan fingerprint density at radius 3 is 2.89 bits per heavy atom. The molecule has 0 unspecified atom stereocenters. The van der Waals surface area contributed by atoms with E-state index >= 15 is 0 Å². The van der Waals surface area contributed by atoms with Gasteiger partial charge >= 0.3 is 0 Å². The van der Waals surface area contributed by atoms with Crippen LogP contribution in [0.3, 0.4) is 0 Å². The first-order valence-corrected chi connectivity index (χ1v) is 6.58. The SMILES string of the molecule is Cn1ccc(COc2ccc(Br)cc2CCN)n1. The minimum Gasteiger partial charge on any atom is -0.487 e. The third kappa shape index (κ3) is 3.34. The van der Waals surface area contributed by atoms with Crippen LogP contribution in [-0.4, -0.2) is 16.3 Å². The number of halogens is 1. The van der Waals surface area contributed by atoms with Gasteiger partial charge in [0.25, 0.3) is 0 Å². The molecule has 0 aliphatic heterocycles. The van der Waals surface area contributed by atoms with Crippen molar-refractivity contribution >= 4 is 15.9 Å². The molecule has 1 aromatic carbocycles. The smallest absolute Gasteiger partial charge is 0.132 e. The Hall–Kier alpha value is -1.33. The van der Waals surface area contributed by atoms with Gasteiger partial charge in [0.05, 0.1) is 5.69 Å². The average molecular weight is 310 g/mol. The monoisotopic (exact) mass is 309 g/mol. The summed E-state index contributed by atoms with van der Waals surface area (Å²) in [7, 11) is 1.89. The van der Waals surface area contributed by atoms with Gasteiger partial charge in [-0.15, -0.1) is 0 Å². The van der Waals surface area contributed by atoms with E-state index in [9.17, 15) is 0 Å². The Balaban J connectivity index is 2.08. The van der Waals surface area contributed by atoms with Gasteiger partial charge in [-0.2, -0.15) is 5.10 Å². The lowest BCUT2D eigenvalue weighted by Crippen LogP contribution is -2.06. The van der Waals surface area contributed by atoms with Crippen LogP contribution in [0.1, 0.15) is 11.3 Å². The van der Waals surface area contributed by atoms with Crippen molar-refractivity contribution < 1.29 is 4.74 Å². The van der Waals surface area contributed by atoms with Crippen LogP contribution in [-0.2, 0) is 20.1 Å². The Labute approximate surface area is 115 Å². The van der Waals surface area contributed by atoms with Gasteiger partial charge in [0.15, 0.2) is 0 Å². The molecule has 4 nitrogen and oxygen atoms in total. The second-order valence-electron chi connectivity index (χ2n) is 4.06. The molecule has 0 amide bonds. The van der Waals surface area contributed by atoms with Gasteiger partial charge in [-0.1, -0.05) is 15.9 Å². The quantitative estimate of drug-likeness (QED) is 0.921. The van der Waals surface area contributed by atoms with Crippen molar-refractivity contribution in [3.05, 3.63) is 46.2 Å². The topological polar surface area (TPSA) is 53.1 Å². The van der Waals surface area contributed by atoms with E-state index in [1.165, 1.54) is 0 Å². The molecule has 0 bridgehead atoms. The van der Waals surface area contributed by atoms with Crippen molar-refractivity contribution in [2.45, 2.75) is 13.0 Å². The summed E-state index contributed by atoms with van der Waals surface area (Å²) in [5, 5.41) is 4.28. The van der Waals surface area contributed by atoms with Crippen LogP contribution >= 0.6 is 15.9 Å². The maximum atomic E-state index is 5.79. The second kappa shape index (κ2) is 6.02. The Bertz CT molecular complexity index is 525. The zero-order valence-corrected chi connectivity index (χ0v) is 11.9. The summed E-state index contributed by atoms with van der Waals surface area (Å²) in [5.74, 6) is 0.870. The number of aromatic nitrogens is 2. The fraction of sp³-hybridized carbons (Fsp3) is 0.308. The van der Waals surface area contributed by atoms with Crippen LogP contribution < -0.4 is 10.5 Å². The largest absolute Gasteiger partial charge is 0.487 e. The number of hydrogen-bond donors (Lipinski definition) is 1. The fourth-order valence-electron chi connectivity index (χ4n) is 1.73. The van der Waals surface area contributed by atoms with Gasteiger partial charge in [-0.25, -0.2) is 0 Å². The van der Waals surface area contributed by atoms with Crippen LogP contribution in [0.4, 0.5) is 0 Å². The lowest BCUT2D eigenvalue weighted by molar-refractivity contribution is 0.297. The highest BCUT2D eigenvalue weighted by atomic mass is 79.9. The standard InChI is InChI=1S/C13H16BrN3O/c1-17-7-5-12(16-17)9-18-13-3-2-11(14)8-10(13)4-6-15/h2-3,5,7-8H,4,6,9,15H2,1H3. The predicted molar refractivity (Wildman–Crippen MR) is 74.4 cm³/mol. The van der Waals surface area contributed by atoms with E-state index in [1.807, 2.05) is 37.5 Å². The molecule has 0 spiro atoms. The van der Waals surface area contributed by atoms with Crippen LogP contribution in [0.15, 0.2) is 34.9 Å². The maximum absolute atomic E-state index is 5.79. The van der Waals surface area contributed by atoms with Gasteiger partial charge < -0.3 is 10.5 Å². The number of aryl methyl sites for hydroxylation is 1. The Kier molecular flexibility index (Phi) is 4.38. The molecule has 2 aromatic rings. The molecule has 0 radical (unpaired) electrons. The number of nitrogens with two attached hydrogens (primary N) is 1. The molecule has 0 saturated carbocycles. The van der Waals surface area contributed by atoms with E-state index in [0.29, 0.717) is 13.2 Å². The molecular formula is C13H16BrN3O. The first-order valence-electron chi connectivity index (χ1n) is 5.79. The highest BCUT2D eigenvalue weighted by Crippen LogP contribution is 2.24. The molecule has 2 N–H and O–H groups in total. The van der Waals surface area contributed by atoms with E-state index in [4.69, 9.17) is 10.5 Å². The van der Waals surface area contributed by atoms with Crippen molar-refractivity contribution in [3.63, 3.8) is 0 Å². The third-order valence-corrected chi connectivity index (χ3v) is 3.07. The number of benzene rings is 1. The summed E-state index contributed by atoms with van der Waals surface area (Å²) in [6, 6.07) is 7.91. The summed E-state index contributed by atoms with van der Waals surface area (Å²) < 4.78 is 8.59. The van der Waals surface area contributed by atoms with Crippen LogP contribution in [0.2, 0.25) is 0 Å². The molecule has 1 heterocycles. The maximum Gasteiger partial charge on any atom is 0.132 e. The predicted octanol–water partition coefficient (Wildman–Crippen LogP) is 2.26. The molecular weight excluding hydrogens is 294 g/mol. The van der Waals surface area contributed by atoms with E-state index < -0.39 is 0 Å². The summed E-state index contributed by atoms with van der Waals surface area (Å²) in [6.07, 6.45) is 2.71. The highest BCUT2D eigenvalue weighted by Gasteiger charge is 2.05. The normalized spacial score (nSPS) is 10.6. The van der Waals surface area contributed by atoms with Gasteiger partial charge in [-0.3, -0.25) is 4.68 Å². The minimum absolute atomic E-state index is 0.472. The summed E-state index contributed by atoms with van der Waals surface area (Å²) in [4.78, 5) is 0. The second-order valence-corrected chi connectivity index (χ2v) is 4.98. The Morgan fingerprint density at radius 2 is 2.22 bits per heavy atom. The molecule has 1 aromatic heterocycles. The van der Waals surface area contributed by atoms with Crippen molar-refractivity contribution in [2.24, 2.45) is 12.8 Å². The van der Waals surface area contributed by atoms with Crippen molar-refractivity contribution in [1.29, 1.82) is 0 Å². The molecule has 18 heavy (non-hydrogen) atoms. The minimum atomic E-state index is 0.472. The van der Waals surface area contributed by atoms with E-state index in [2.05, 4.69) is 21.0 Å². The van der Waals surface area contributed by atoms with Gasteiger partial charge in [0.1, 0.15) is 12.4 Å². The van der Waals surface area contributed by atoms with Gasteiger partial charge in [0.2, 0.25) is 0 Å². The average Bonchev–Trinajstić information content (AvgIpc) is 2.75. The Morgan fingerprint density at radius 1 is 1.39 bits per heavy atom. The molecule has 0 aliphatic rings. The summed E-state index contributed by atoms with van der Waals surface area (Å²) in [6.45, 7) is 1.08. The highest BCUT2D eigenvalue weighted by molar-refractivity contribution is 9.10. The third-order valence-electron chi connectivity index (χ3n) is 2.58. The van der Waals surface area contributed by atoms with Crippen LogP contribution in [0.5, 0.6) is 5.75 Å². The van der Waals surface area contributed by atoms with Crippen LogP contribution in [0.25, 0.3) is 0 Å². The van der Waals surface area contributed by atoms with Gasteiger partial charge in [-0.05, 0) is 42.8 Å². The molecule has 96 valence electrons. The number of rotatable bonds is 5. The van der Waals surface area contributed by atoms with Crippen molar-refractivity contribution in [3.8, 4) is 5.75 Å². The zero-order chi connectivity index (χ0) is 13.0. The molecule has 0 saturated heterocycles. The summed E-state index contributed by atoms with van der Waals surface area (Å²) in [5.41, 5.74) is 7.63. The lowest BCUT2D eigenvalue weighted by Gasteiger charge is -2.10. The molecule has 0 atom stereocenters. The van der Waals surface area contributed by atoms with E-state index in [-0.39, 0.29) is 0 Å². The summed E-state index contributed by atoms with van der Waals surface area (Å²) >= 11 is 3.45. The first kappa shape index (κ1) is 13.1. The fourth-order valence-corrected chi connectivity index (χ4v) is 2.14. The number of hydrogen-bond acceptors (Lipinski definition) is 3. The molecule has 5 heteroatoms.